The van der Waals surface area contributed by atoms with Gasteiger partial charge in [-0.3, -0.25) is 0 Å². The van der Waals surface area contributed by atoms with Gasteiger partial charge in [-0.05, 0) is 56.2 Å². The third kappa shape index (κ3) is 6.85. The van der Waals surface area contributed by atoms with Gasteiger partial charge < -0.3 is 15.2 Å². The molecule has 1 aromatic carbocycles. The first-order valence-electron chi connectivity index (χ1n) is 8.20. The average molecular weight is 293 g/mol. The fraction of sp³-hybridized carbons (Fsp3) is 0.667. The topological polar surface area (TPSA) is 44.5 Å². The van der Waals surface area contributed by atoms with Crippen LogP contribution in [-0.4, -0.2) is 19.3 Å². The van der Waals surface area contributed by atoms with Crippen molar-refractivity contribution in [2.45, 2.75) is 59.4 Å². The van der Waals surface area contributed by atoms with E-state index in [9.17, 15) is 0 Å². The average Bonchev–Trinajstić information content (AvgIpc) is 2.43. The van der Waals surface area contributed by atoms with Gasteiger partial charge in [-0.25, -0.2) is 0 Å². The molecule has 21 heavy (non-hydrogen) atoms. The molecule has 0 radical (unpaired) electrons. The molecule has 0 bridgehead atoms. The van der Waals surface area contributed by atoms with Crippen molar-refractivity contribution in [3.8, 4) is 11.5 Å². The summed E-state index contributed by atoms with van der Waals surface area (Å²) in [4.78, 5) is 0. The Balaban J connectivity index is 2.76. The highest BCUT2D eigenvalue weighted by Crippen LogP contribution is 2.30. The summed E-state index contributed by atoms with van der Waals surface area (Å²) in [6.07, 6.45) is 4.07. The van der Waals surface area contributed by atoms with E-state index in [2.05, 4.69) is 39.8 Å². The maximum atomic E-state index is 5.88. The molecule has 2 unspecified atom stereocenters. The van der Waals surface area contributed by atoms with Crippen molar-refractivity contribution in [1.29, 1.82) is 0 Å². The summed E-state index contributed by atoms with van der Waals surface area (Å²) in [5.74, 6) is 2.30. The van der Waals surface area contributed by atoms with Crippen LogP contribution < -0.4 is 15.2 Å². The smallest absolute Gasteiger partial charge is 0.161 e. The monoisotopic (exact) mass is 293 g/mol. The fourth-order valence-electron chi connectivity index (χ4n) is 2.46. The van der Waals surface area contributed by atoms with E-state index in [1.165, 1.54) is 5.56 Å². The van der Waals surface area contributed by atoms with E-state index in [0.29, 0.717) is 5.92 Å². The molecule has 0 aliphatic rings. The Morgan fingerprint density at radius 1 is 1.00 bits per heavy atom. The van der Waals surface area contributed by atoms with Gasteiger partial charge in [-0.2, -0.15) is 0 Å². The zero-order valence-corrected chi connectivity index (χ0v) is 14.0. The highest BCUT2D eigenvalue weighted by atomic mass is 16.5. The third-order valence-corrected chi connectivity index (χ3v) is 3.29. The van der Waals surface area contributed by atoms with Crippen LogP contribution in [0.1, 0.15) is 52.5 Å². The number of ether oxygens (including phenoxy) is 2. The maximum absolute atomic E-state index is 5.88. The molecule has 0 spiro atoms. The van der Waals surface area contributed by atoms with Crippen molar-refractivity contribution < 1.29 is 9.47 Å². The van der Waals surface area contributed by atoms with E-state index in [1.54, 1.807) is 0 Å². The number of rotatable bonds is 10. The van der Waals surface area contributed by atoms with Crippen LogP contribution in [0.25, 0.3) is 0 Å². The number of benzene rings is 1. The van der Waals surface area contributed by atoms with Crippen LogP contribution in [-0.2, 0) is 6.42 Å². The van der Waals surface area contributed by atoms with Gasteiger partial charge in [0.05, 0.1) is 13.2 Å². The molecule has 0 amide bonds. The van der Waals surface area contributed by atoms with E-state index in [-0.39, 0.29) is 6.04 Å². The van der Waals surface area contributed by atoms with Crippen molar-refractivity contribution in [2.75, 3.05) is 13.2 Å². The van der Waals surface area contributed by atoms with Crippen LogP contribution in [0, 0.1) is 5.92 Å². The van der Waals surface area contributed by atoms with Gasteiger partial charge in [0.1, 0.15) is 0 Å². The van der Waals surface area contributed by atoms with Gasteiger partial charge in [-0.1, -0.05) is 26.8 Å². The van der Waals surface area contributed by atoms with Crippen LogP contribution in [0.3, 0.4) is 0 Å². The Labute approximate surface area is 129 Å². The van der Waals surface area contributed by atoms with E-state index in [4.69, 9.17) is 15.2 Å². The van der Waals surface area contributed by atoms with Crippen molar-refractivity contribution in [3.63, 3.8) is 0 Å². The first-order chi connectivity index (χ1) is 10.1. The summed E-state index contributed by atoms with van der Waals surface area (Å²) in [6, 6.07) is 6.55. The lowest BCUT2D eigenvalue weighted by Crippen LogP contribution is -2.19. The summed E-state index contributed by atoms with van der Waals surface area (Å²) < 4.78 is 11.6. The Kier molecular flexibility index (Phi) is 8.21. The van der Waals surface area contributed by atoms with Gasteiger partial charge >= 0.3 is 0 Å². The lowest BCUT2D eigenvalue weighted by molar-refractivity contribution is 0.268. The Hall–Kier alpha value is -1.22. The third-order valence-electron chi connectivity index (χ3n) is 3.29. The Morgan fingerprint density at radius 3 is 2.19 bits per heavy atom. The minimum absolute atomic E-state index is 0.253. The number of nitrogens with two attached hydrogens (primary N) is 1. The van der Waals surface area contributed by atoms with E-state index in [1.807, 2.05) is 6.07 Å². The molecule has 0 saturated carbocycles. The van der Waals surface area contributed by atoms with Crippen LogP contribution in [0.5, 0.6) is 11.5 Å². The first kappa shape index (κ1) is 17.8. The molecule has 0 heterocycles. The summed E-state index contributed by atoms with van der Waals surface area (Å²) >= 11 is 0. The maximum Gasteiger partial charge on any atom is 0.161 e. The Bertz CT molecular complexity index is 404. The van der Waals surface area contributed by atoms with Gasteiger partial charge in [0.25, 0.3) is 0 Å². The van der Waals surface area contributed by atoms with Crippen LogP contribution in [0.2, 0.25) is 0 Å². The summed E-state index contributed by atoms with van der Waals surface area (Å²) in [5, 5.41) is 0. The van der Waals surface area contributed by atoms with Crippen molar-refractivity contribution in [3.05, 3.63) is 23.8 Å². The predicted molar refractivity (Wildman–Crippen MR) is 89.1 cm³/mol. The van der Waals surface area contributed by atoms with Gasteiger partial charge in [0.15, 0.2) is 11.5 Å². The quantitative estimate of drug-likeness (QED) is 0.704. The molecular formula is C18H31NO2. The molecule has 0 saturated heterocycles. The highest BCUT2D eigenvalue weighted by molar-refractivity contribution is 5.43. The second kappa shape index (κ2) is 9.67. The molecule has 1 rings (SSSR count). The summed E-state index contributed by atoms with van der Waals surface area (Å²) in [5.41, 5.74) is 7.17. The van der Waals surface area contributed by atoms with Crippen LogP contribution in [0.15, 0.2) is 18.2 Å². The van der Waals surface area contributed by atoms with E-state index < -0.39 is 0 Å². The molecule has 3 nitrogen and oxygen atoms in total. The van der Waals surface area contributed by atoms with Crippen LogP contribution >= 0.6 is 0 Å². The zero-order chi connectivity index (χ0) is 15.7. The van der Waals surface area contributed by atoms with Crippen molar-refractivity contribution >= 4 is 0 Å². The number of hydrogen-bond acceptors (Lipinski definition) is 3. The van der Waals surface area contributed by atoms with Crippen molar-refractivity contribution in [2.24, 2.45) is 11.7 Å². The molecule has 0 fully saturated rings. The minimum Gasteiger partial charge on any atom is -0.490 e. The molecular weight excluding hydrogens is 262 g/mol. The van der Waals surface area contributed by atoms with Gasteiger partial charge in [0, 0.05) is 6.04 Å². The van der Waals surface area contributed by atoms with Crippen molar-refractivity contribution in [1.82, 2.24) is 0 Å². The lowest BCUT2D eigenvalue weighted by Gasteiger charge is -2.17. The predicted octanol–water partition coefficient (Wildman–Crippen LogP) is 4.18. The molecule has 120 valence electrons. The normalized spacial score (nSPS) is 13.8. The first-order valence-corrected chi connectivity index (χ1v) is 8.20. The molecule has 2 atom stereocenters. The Morgan fingerprint density at radius 2 is 1.62 bits per heavy atom. The zero-order valence-electron chi connectivity index (χ0n) is 14.0. The fourth-order valence-corrected chi connectivity index (χ4v) is 2.46. The molecule has 0 aliphatic heterocycles. The van der Waals surface area contributed by atoms with Crippen LogP contribution in [0.4, 0.5) is 0 Å². The molecule has 0 aromatic heterocycles. The van der Waals surface area contributed by atoms with E-state index >= 15 is 0 Å². The van der Waals surface area contributed by atoms with Gasteiger partial charge in [-0.15, -0.1) is 0 Å². The van der Waals surface area contributed by atoms with E-state index in [0.717, 1.165) is 50.4 Å². The second-order valence-electron chi connectivity index (χ2n) is 6.00. The minimum atomic E-state index is 0.253. The lowest BCUT2D eigenvalue weighted by atomic mass is 9.95. The largest absolute Gasteiger partial charge is 0.490 e. The SMILES string of the molecule is CCCOc1ccc(CC(C)CC(C)N)cc1OCCC. The molecule has 0 aliphatic carbocycles. The summed E-state index contributed by atoms with van der Waals surface area (Å²) in [6.45, 7) is 9.98. The second-order valence-corrected chi connectivity index (χ2v) is 6.00. The molecule has 3 heteroatoms. The number of hydrogen-bond donors (Lipinski definition) is 1. The summed E-state index contributed by atoms with van der Waals surface area (Å²) in [7, 11) is 0. The van der Waals surface area contributed by atoms with Gasteiger partial charge in [0.2, 0.25) is 0 Å². The molecule has 2 N–H and O–H groups in total. The molecule has 1 aromatic rings. The highest BCUT2D eigenvalue weighted by Gasteiger charge is 2.10. The standard InChI is InChI=1S/C18H31NO2/c1-5-9-20-17-8-7-16(12-14(3)11-15(4)19)13-18(17)21-10-6-2/h7-8,13-15H,5-6,9-12,19H2,1-4H3.